The third-order valence-corrected chi connectivity index (χ3v) is 4.86. The second kappa shape index (κ2) is 8.50. The largest absolute Gasteiger partial charge is 0.416 e. The molecule has 1 N–H and O–H groups in total. The molecular formula is C20H20F3N3O3. The molecule has 1 aliphatic rings. The van der Waals surface area contributed by atoms with Crippen molar-refractivity contribution < 1.29 is 22.9 Å². The summed E-state index contributed by atoms with van der Waals surface area (Å²) in [7, 11) is 0. The first-order valence-corrected chi connectivity index (χ1v) is 9.23. The number of benzene rings is 2. The molecule has 6 nitrogen and oxygen atoms in total. The number of alkyl halides is 3. The standard InChI is InChI=1S/C20H20F3N3O3/c21-20(22,23)16-6-3-14(4-7-16)9-10-24-19(27)15-5-8-17(18(13-15)26(28)29)25-11-1-2-12-25/h3-8,13H,1-2,9-12H2,(H,24,27). The molecule has 1 saturated heterocycles. The van der Waals surface area contributed by atoms with Crippen LogP contribution in [0, 0.1) is 10.1 Å². The first-order valence-electron chi connectivity index (χ1n) is 9.23. The Morgan fingerprint density at radius 2 is 1.76 bits per heavy atom. The number of rotatable bonds is 6. The van der Waals surface area contributed by atoms with Crippen molar-refractivity contribution in [3.63, 3.8) is 0 Å². The topological polar surface area (TPSA) is 75.5 Å². The molecule has 1 amide bonds. The molecule has 29 heavy (non-hydrogen) atoms. The molecular weight excluding hydrogens is 387 g/mol. The molecule has 0 bridgehead atoms. The van der Waals surface area contributed by atoms with Crippen molar-refractivity contribution in [2.75, 3.05) is 24.5 Å². The van der Waals surface area contributed by atoms with Crippen LogP contribution in [0.5, 0.6) is 0 Å². The van der Waals surface area contributed by atoms with Crippen LogP contribution in [-0.2, 0) is 12.6 Å². The van der Waals surface area contributed by atoms with E-state index in [4.69, 9.17) is 0 Å². The van der Waals surface area contributed by atoms with Crippen LogP contribution in [0.15, 0.2) is 42.5 Å². The lowest BCUT2D eigenvalue weighted by molar-refractivity contribution is -0.384. The van der Waals surface area contributed by atoms with Crippen LogP contribution in [0.4, 0.5) is 24.5 Å². The van der Waals surface area contributed by atoms with Crippen LogP contribution in [-0.4, -0.2) is 30.5 Å². The Balaban J connectivity index is 1.62. The molecule has 1 heterocycles. The second-order valence-corrected chi connectivity index (χ2v) is 6.86. The number of carbonyl (C=O) groups excluding carboxylic acids is 1. The fourth-order valence-corrected chi connectivity index (χ4v) is 3.32. The van der Waals surface area contributed by atoms with Crippen molar-refractivity contribution in [3.8, 4) is 0 Å². The summed E-state index contributed by atoms with van der Waals surface area (Å²) in [5.74, 6) is -0.465. The van der Waals surface area contributed by atoms with Crippen LogP contribution >= 0.6 is 0 Å². The lowest BCUT2D eigenvalue weighted by atomic mass is 10.1. The first kappa shape index (κ1) is 20.6. The van der Waals surface area contributed by atoms with E-state index in [1.165, 1.54) is 18.2 Å². The smallest absolute Gasteiger partial charge is 0.366 e. The number of nitro benzene ring substituents is 1. The van der Waals surface area contributed by atoms with Crippen molar-refractivity contribution in [1.29, 1.82) is 0 Å². The number of nitrogens with zero attached hydrogens (tertiary/aromatic N) is 2. The van der Waals surface area contributed by atoms with E-state index < -0.39 is 22.6 Å². The molecule has 2 aromatic rings. The Labute approximate surface area is 165 Å². The van der Waals surface area contributed by atoms with Gasteiger partial charge in [0.1, 0.15) is 5.69 Å². The Bertz CT molecular complexity index is 892. The van der Waals surface area contributed by atoms with Gasteiger partial charge in [-0.05, 0) is 49.1 Å². The van der Waals surface area contributed by atoms with E-state index >= 15 is 0 Å². The highest BCUT2D eigenvalue weighted by Crippen LogP contribution is 2.32. The monoisotopic (exact) mass is 407 g/mol. The van der Waals surface area contributed by atoms with E-state index in [2.05, 4.69) is 5.32 Å². The number of halogens is 3. The lowest BCUT2D eigenvalue weighted by Gasteiger charge is -2.17. The van der Waals surface area contributed by atoms with Crippen molar-refractivity contribution in [1.82, 2.24) is 5.32 Å². The van der Waals surface area contributed by atoms with Gasteiger partial charge in [0.2, 0.25) is 0 Å². The molecule has 2 aromatic carbocycles. The Hall–Kier alpha value is -3.10. The van der Waals surface area contributed by atoms with E-state index in [1.54, 1.807) is 12.1 Å². The molecule has 0 aromatic heterocycles. The average molecular weight is 407 g/mol. The summed E-state index contributed by atoms with van der Waals surface area (Å²) in [4.78, 5) is 25.2. The molecule has 154 valence electrons. The minimum atomic E-state index is -4.39. The van der Waals surface area contributed by atoms with Crippen LogP contribution in [0.2, 0.25) is 0 Å². The summed E-state index contributed by atoms with van der Waals surface area (Å²) >= 11 is 0. The number of hydrogen-bond acceptors (Lipinski definition) is 4. The van der Waals surface area contributed by atoms with Crippen LogP contribution < -0.4 is 10.2 Å². The molecule has 1 aliphatic heterocycles. The Morgan fingerprint density at radius 3 is 2.34 bits per heavy atom. The first-order chi connectivity index (χ1) is 13.8. The third kappa shape index (κ3) is 5.04. The van der Waals surface area contributed by atoms with Gasteiger partial charge in [0.25, 0.3) is 11.6 Å². The number of amides is 1. The maximum absolute atomic E-state index is 12.6. The highest BCUT2D eigenvalue weighted by atomic mass is 19.4. The summed E-state index contributed by atoms with van der Waals surface area (Å²) in [6, 6.07) is 9.13. The summed E-state index contributed by atoms with van der Waals surface area (Å²) in [6.07, 6.45) is -2.09. The van der Waals surface area contributed by atoms with E-state index in [0.717, 1.165) is 38.1 Å². The quantitative estimate of drug-likeness (QED) is 0.576. The number of carbonyl (C=O) groups is 1. The van der Waals surface area contributed by atoms with Crippen molar-refractivity contribution in [3.05, 3.63) is 69.3 Å². The van der Waals surface area contributed by atoms with Crippen LogP contribution in [0.25, 0.3) is 0 Å². The summed E-state index contributed by atoms with van der Waals surface area (Å²) in [6.45, 7) is 1.70. The number of nitro groups is 1. The molecule has 0 aliphatic carbocycles. The molecule has 0 unspecified atom stereocenters. The number of anilines is 1. The minimum absolute atomic E-state index is 0.109. The molecule has 0 atom stereocenters. The number of hydrogen-bond donors (Lipinski definition) is 1. The van der Waals surface area contributed by atoms with Gasteiger partial charge in [-0.2, -0.15) is 13.2 Å². The fraction of sp³-hybridized carbons (Fsp3) is 0.350. The summed E-state index contributed by atoms with van der Waals surface area (Å²) in [5.41, 5.74) is 0.493. The van der Waals surface area contributed by atoms with Crippen molar-refractivity contribution >= 4 is 17.3 Å². The van der Waals surface area contributed by atoms with E-state index in [9.17, 15) is 28.1 Å². The number of nitrogens with one attached hydrogen (secondary N) is 1. The Morgan fingerprint density at radius 1 is 1.10 bits per heavy atom. The molecule has 3 rings (SSSR count). The van der Waals surface area contributed by atoms with Crippen LogP contribution in [0.3, 0.4) is 0 Å². The predicted molar refractivity (Wildman–Crippen MR) is 102 cm³/mol. The second-order valence-electron chi connectivity index (χ2n) is 6.86. The van der Waals surface area contributed by atoms with Crippen molar-refractivity contribution in [2.24, 2.45) is 0 Å². The highest BCUT2D eigenvalue weighted by Gasteiger charge is 2.30. The zero-order valence-corrected chi connectivity index (χ0v) is 15.5. The minimum Gasteiger partial charge on any atom is -0.366 e. The maximum Gasteiger partial charge on any atom is 0.416 e. The predicted octanol–water partition coefficient (Wildman–Crippen LogP) is 4.19. The SMILES string of the molecule is O=C(NCCc1ccc(C(F)(F)F)cc1)c1ccc(N2CCCC2)c([N+](=O)[O-])c1. The van der Waals surface area contributed by atoms with Gasteiger partial charge in [0.05, 0.1) is 10.5 Å². The van der Waals surface area contributed by atoms with E-state index in [-0.39, 0.29) is 17.8 Å². The lowest BCUT2D eigenvalue weighted by Crippen LogP contribution is -2.26. The fourth-order valence-electron chi connectivity index (χ4n) is 3.32. The van der Waals surface area contributed by atoms with Gasteiger partial charge in [0, 0.05) is 31.3 Å². The zero-order valence-electron chi connectivity index (χ0n) is 15.5. The molecule has 0 spiro atoms. The molecule has 0 radical (unpaired) electrons. The third-order valence-electron chi connectivity index (χ3n) is 4.86. The van der Waals surface area contributed by atoms with Gasteiger partial charge in [-0.25, -0.2) is 0 Å². The normalized spacial score (nSPS) is 14.1. The Kier molecular flexibility index (Phi) is 6.05. The van der Waals surface area contributed by atoms with E-state index in [0.29, 0.717) is 17.7 Å². The van der Waals surface area contributed by atoms with Gasteiger partial charge >= 0.3 is 6.18 Å². The van der Waals surface area contributed by atoms with Gasteiger partial charge in [-0.1, -0.05) is 12.1 Å². The zero-order chi connectivity index (χ0) is 21.0. The molecule has 1 fully saturated rings. The summed E-state index contributed by atoms with van der Waals surface area (Å²) in [5, 5.41) is 14.1. The van der Waals surface area contributed by atoms with Gasteiger partial charge in [0.15, 0.2) is 0 Å². The van der Waals surface area contributed by atoms with E-state index in [1.807, 2.05) is 4.90 Å². The molecule has 9 heteroatoms. The van der Waals surface area contributed by atoms with Gasteiger partial charge < -0.3 is 10.2 Å². The van der Waals surface area contributed by atoms with Crippen LogP contribution in [0.1, 0.15) is 34.3 Å². The van der Waals surface area contributed by atoms with Crippen molar-refractivity contribution in [2.45, 2.75) is 25.4 Å². The maximum atomic E-state index is 12.6. The average Bonchev–Trinajstić information content (AvgIpc) is 3.21. The highest BCUT2D eigenvalue weighted by molar-refractivity contribution is 5.95. The molecule has 0 saturated carbocycles. The van der Waals surface area contributed by atoms with Gasteiger partial charge in [-0.15, -0.1) is 0 Å². The van der Waals surface area contributed by atoms with Gasteiger partial charge in [-0.3, -0.25) is 14.9 Å². The summed E-state index contributed by atoms with van der Waals surface area (Å²) < 4.78 is 37.7.